The van der Waals surface area contributed by atoms with Crippen molar-refractivity contribution >= 4 is 42.8 Å². The fraction of sp³-hybridized carbons (Fsp3) is 0. The highest BCUT2D eigenvalue weighted by Crippen LogP contribution is 2.49. The SMILES string of the molecule is O=c1c(O)c(-c2ccc(O)c(O)c2O)oc2c(Br)c(O)c(Br)c(O)c12. The van der Waals surface area contributed by atoms with Gasteiger partial charge in [-0.3, -0.25) is 4.79 Å². The van der Waals surface area contributed by atoms with E-state index in [2.05, 4.69) is 31.9 Å². The lowest BCUT2D eigenvalue weighted by atomic mass is 10.1. The maximum absolute atomic E-state index is 12.4. The number of benzene rings is 2. The van der Waals surface area contributed by atoms with E-state index in [1.54, 1.807) is 0 Å². The zero-order valence-electron chi connectivity index (χ0n) is 11.9. The molecule has 8 nitrogen and oxygen atoms in total. The number of aromatic hydroxyl groups is 6. The third-order valence-electron chi connectivity index (χ3n) is 3.52. The summed E-state index contributed by atoms with van der Waals surface area (Å²) in [6.45, 7) is 0. The van der Waals surface area contributed by atoms with Crippen molar-refractivity contribution in [2.75, 3.05) is 0 Å². The van der Waals surface area contributed by atoms with Gasteiger partial charge in [0.2, 0.25) is 16.9 Å². The van der Waals surface area contributed by atoms with E-state index in [0.29, 0.717) is 0 Å². The average Bonchev–Trinajstić information content (AvgIpc) is 2.59. The first-order valence-corrected chi connectivity index (χ1v) is 8.08. The molecule has 0 radical (unpaired) electrons. The Morgan fingerprint density at radius 2 is 1.40 bits per heavy atom. The second kappa shape index (κ2) is 5.74. The van der Waals surface area contributed by atoms with Gasteiger partial charge in [-0.15, -0.1) is 0 Å². The molecule has 6 N–H and O–H groups in total. The molecule has 0 unspecified atom stereocenters. The van der Waals surface area contributed by atoms with Gasteiger partial charge in [-0.05, 0) is 44.0 Å². The van der Waals surface area contributed by atoms with Crippen molar-refractivity contribution in [1.29, 1.82) is 0 Å². The fourth-order valence-corrected chi connectivity index (χ4v) is 3.40. The van der Waals surface area contributed by atoms with Gasteiger partial charge in [-0.2, -0.15) is 0 Å². The first-order chi connectivity index (χ1) is 11.7. The molecule has 130 valence electrons. The molecule has 25 heavy (non-hydrogen) atoms. The minimum Gasteiger partial charge on any atom is -0.506 e. The van der Waals surface area contributed by atoms with Gasteiger partial charge in [-0.1, -0.05) is 0 Å². The van der Waals surface area contributed by atoms with Crippen LogP contribution in [-0.2, 0) is 0 Å². The number of phenols is 5. The molecule has 0 atom stereocenters. The van der Waals surface area contributed by atoms with E-state index < -0.39 is 51.1 Å². The Balaban J connectivity index is 2.50. The molecule has 0 fully saturated rings. The van der Waals surface area contributed by atoms with Crippen LogP contribution in [0.1, 0.15) is 0 Å². The van der Waals surface area contributed by atoms with Crippen LogP contribution in [0, 0.1) is 0 Å². The van der Waals surface area contributed by atoms with Crippen LogP contribution in [-0.4, -0.2) is 30.6 Å². The van der Waals surface area contributed by atoms with E-state index in [1.165, 1.54) is 0 Å². The smallest absolute Gasteiger partial charge is 0.238 e. The van der Waals surface area contributed by atoms with Crippen molar-refractivity contribution in [2.24, 2.45) is 0 Å². The molecule has 0 bridgehead atoms. The zero-order chi connectivity index (χ0) is 18.6. The van der Waals surface area contributed by atoms with E-state index in [0.717, 1.165) is 12.1 Å². The van der Waals surface area contributed by atoms with Gasteiger partial charge in [0.1, 0.15) is 20.1 Å². The average molecular weight is 476 g/mol. The van der Waals surface area contributed by atoms with Crippen LogP contribution < -0.4 is 5.43 Å². The van der Waals surface area contributed by atoms with Crippen LogP contribution in [0.25, 0.3) is 22.3 Å². The topological polar surface area (TPSA) is 152 Å². The Kier molecular flexibility index (Phi) is 3.96. The maximum Gasteiger partial charge on any atom is 0.238 e. The number of fused-ring (bicyclic) bond motifs is 1. The van der Waals surface area contributed by atoms with Crippen LogP contribution in [0.3, 0.4) is 0 Å². The highest BCUT2D eigenvalue weighted by Gasteiger charge is 2.26. The molecule has 1 heterocycles. The van der Waals surface area contributed by atoms with Gasteiger partial charge >= 0.3 is 0 Å². The van der Waals surface area contributed by atoms with E-state index in [9.17, 15) is 35.4 Å². The van der Waals surface area contributed by atoms with E-state index >= 15 is 0 Å². The highest BCUT2D eigenvalue weighted by molar-refractivity contribution is 9.11. The summed E-state index contributed by atoms with van der Waals surface area (Å²) in [5.74, 6) is -4.92. The molecule has 3 aromatic rings. The van der Waals surface area contributed by atoms with Crippen LogP contribution in [0.15, 0.2) is 30.3 Å². The minimum absolute atomic E-state index is 0.0898. The van der Waals surface area contributed by atoms with Gasteiger partial charge < -0.3 is 35.1 Å². The summed E-state index contributed by atoms with van der Waals surface area (Å²) in [4.78, 5) is 12.4. The molecule has 0 saturated carbocycles. The summed E-state index contributed by atoms with van der Waals surface area (Å²) in [5, 5.41) is 58.6. The van der Waals surface area contributed by atoms with Crippen molar-refractivity contribution in [2.45, 2.75) is 0 Å². The van der Waals surface area contributed by atoms with Crippen LogP contribution in [0.2, 0.25) is 0 Å². The Labute approximate surface area is 155 Å². The Hall–Kier alpha value is -2.59. The van der Waals surface area contributed by atoms with Crippen molar-refractivity contribution < 1.29 is 35.1 Å². The molecule has 10 heteroatoms. The molecular formula is C15H8Br2O8. The molecule has 0 saturated heterocycles. The van der Waals surface area contributed by atoms with Crippen LogP contribution in [0.4, 0.5) is 0 Å². The summed E-state index contributed by atoms with van der Waals surface area (Å²) in [7, 11) is 0. The predicted octanol–water partition coefficient (Wildman–Crippen LogP) is 3.22. The number of hydrogen-bond donors (Lipinski definition) is 6. The lowest BCUT2D eigenvalue weighted by molar-refractivity contribution is 0.367. The van der Waals surface area contributed by atoms with Gasteiger partial charge in [0, 0.05) is 0 Å². The van der Waals surface area contributed by atoms with E-state index in [4.69, 9.17) is 4.42 Å². The van der Waals surface area contributed by atoms with Crippen molar-refractivity contribution in [3.8, 4) is 45.8 Å². The standard InChI is InChI=1S/C15H8Br2O8/c16-6-10(21)5-11(22)13(24)14(25-15(5)7(17)12(6)23)3-1-2-4(18)9(20)8(3)19/h1-2,18-21,23-24H. The Bertz CT molecular complexity index is 1100. The molecule has 0 aliphatic carbocycles. The van der Waals surface area contributed by atoms with Crippen LogP contribution >= 0.6 is 31.9 Å². The maximum atomic E-state index is 12.4. The summed E-state index contributed by atoms with van der Waals surface area (Å²) in [6, 6.07) is 2.11. The first-order valence-electron chi connectivity index (χ1n) is 6.49. The molecule has 0 aliphatic rings. The van der Waals surface area contributed by atoms with Gasteiger partial charge in [0.25, 0.3) is 0 Å². The molecule has 0 aliphatic heterocycles. The van der Waals surface area contributed by atoms with Crippen LogP contribution in [0.5, 0.6) is 34.5 Å². The third-order valence-corrected chi connectivity index (χ3v) is 5.01. The van der Waals surface area contributed by atoms with Crippen molar-refractivity contribution in [3.63, 3.8) is 0 Å². The lowest BCUT2D eigenvalue weighted by Gasteiger charge is -2.12. The minimum atomic E-state index is -1.04. The summed E-state index contributed by atoms with van der Waals surface area (Å²) >= 11 is 5.93. The monoisotopic (exact) mass is 474 g/mol. The van der Waals surface area contributed by atoms with Gasteiger partial charge in [0.05, 0.1) is 5.56 Å². The second-order valence-corrected chi connectivity index (χ2v) is 6.55. The number of rotatable bonds is 1. The molecule has 2 aromatic carbocycles. The Morgan fingerprint density at radius 3 is 2.04 bits per heavy atom. The first kappa shape index (κ1) is 17.2. The molecule has 3 rings (SSSR count). The zero-order valence-corrected chi connectivity index (χ0v) is 15.1. The largest absolute Gasteiger partial charge is 0.506 e. The molecule has 0 spiro atoms. The van der Waals surface area contributed by atoms with Gasteiger partial charge in [0.15, 0.2) is 28.6 Å². The van der Waals surface area contributed by atoms with E-state index in [1.807, 2.05) is 0 Å². The summed E-state index contributed by atoms with van der Waals surface area (Å²) < 4.78 is 5.12. The normalized spacial score (nSPS) is 11.1. The quantitative estimate of drug-likeness (QED) is 0.293. The number of phenolic OH excluding ortho intramolecular Hbond substituents is 5. The van der Waals surface area contributed by atoms with Crippen molar-refractivity contribution in [3.05, 3.63) is 31.3 Å². The van der Waals surface area contributed by atoms with Crippen molar-refractivity contribution in [1.82, 2.24) is 0 Å². The molecule has 0 amide bonds. The molecule has 1 aromatic heterocycles. The fourth-order valence-electron chi connectivity index (χ4n) is 2.26. The third kappa shape index (κ3) is 2.36. The lowest BCUT2D eigenvalue weighted by Crippen LogP contribution is -2.04. The van der Waals surface area contributed by atoms with E-state index in [-0.39, 0.29) is 20.1 Å². The number of hydrogen-bond acceptors (Lipinski definition) is 8. The Morgan fingerprint density at radius 1 is 0.760 bits per heavy atom. The second-order valence-electron chi connectivity index (χ2n) is 4.97. The summed E-state index contributed by atoms with van der Waals surface area (Å²) in [5.41, 5.74) is -1.63. The summed E-state index contributed by atoms with van der Waals surface area (Å²) in [6.07, 6.45) is 0. The van der Waals surface area contributed by atoms with Gasteiger partial charge in [-0.25, -0.2) is 0 Å². The number of halogens is 2. The predicted molar refractivity (Wildman–Crippen MR) is 93.3 cm³/mol. The highest BCUT2D eigenvalue weighted by atomic mass is 79.9. The molecular weight excluding hydrogens is 468 g/mol.